The van der Waals surface area contributed by atoms with Gasteiger partial charge < -0.3 is 4.42 Å². The van der Waals surface area contributed by atoms with E-state index in [0.29, 0.717) is 5.69 Å². The Bertz CT molecular complexity index is 1710. The summed E-state index contributed by atoms with van der Waals surface area (Å²) in [5, 5.41) is 2.00. The topological polar surface area (TPSA) is 21.4 Å². The lowest BCUT2D eigenvalue weighted by molar-refractivity contribution is -0.660. The van der Waals surface area contributed by atoms with Crippen molar-refractivity contribution in [2.75, 3.05) is 0 Å². The SMILES string of the molecule is [2H]C([2H])(c1ccc(-c2c(C)ccc3c2oc2c(-c4ccccc4)c([N+]#[C-])ccc23)[n+](C)c1)C1CCCCC1. The Hall–Kier alpha value is -3.90. The van der Waals surface area contributed by atoms with Gasteiger partial charge in [-0.3, -0.25) is 0 Å². The molecule has 1 fully saturated rings. The monoisotopic (exact) mass is 473 g/mol. The molecule has 0 aliphatic heterocycles. The molecule has 5 aromatic rings. The zero-order chi connectivity index (χ0) is 26.4. The van der Waals surface area contributed by atoms with Crippen LogP contribution in [0.5, 0.6) is 0 Å². The smallest absolute Gasteiger partial charge is 0.216 e. The first-order valence-corrected chi connectivity index (χ1v) is 12.8. The maximum Gasteiger partial charge on any atom is 0.216 e. The van der Waals surface area contributed by atoms with Gasteiger partial charge >= 0.3 is 0 Å². The Morgan fingerprint density at radius 2 is 1.64 bits per heavy atom. The number of pyridine rings is 1. The van der Waals surface area contributed by atoms with E-state index < -0.39 is 6.37 Å². The predicted molar refractivity (Wildman–Crippen MR) is 147 cm³/mol. The molecule has 0 bridgehead atoms. The number of rotatable bonds is 4. The first kappa shape index (κ1) is 20.3. The highest BCUT2D eigenvalue weighted by molar-refractivity contribution is 6.15. The molecule has 2 heterocycles. The number of fused-ring (bicyclic) bond motifs is 3. The second-order valence-corrected chi connectivity index (χ2v) is 9.94. The molecule has 1 aliphatic carbocycles. The zero-order valence-corrected chi connectivity index (χ0v) is 20.8. The van der Waals surface area contributed by atoms with Crippen molar-refractivity contribution in [2.24, 2.45) is 13.0 Å². The van der Waals surface area contributed by atoms with Crippen molar-refractivity contribution in [3.63, 3.8) is 0 Å². The van der Waals surface area contributed by atoms with Crippen molar-refractivity contribution >= 4 is 27.6 Å². The number of aromatic nitrogens is 1. The molecular weight excluding hydrogens is 440 g/mol. The van der Waals surface area contributed by atoms with E-state index in [9.17, 15) is 0 Å². The number of hydrogen-bond acceptors (Lipinski definition) is 1. The second kappa shape index (κ2) is 9.28. The van der Waals surface area contributed by atoms with Gasteiger partial charge in [0.2, 0.25) is 5.69 Å². The van der Waals surface area contributed by atoms with Crippen molar-refractivity contribution in [2.45, 2.75) is 45.4 Å². The van der Waals surface area contributed by atoms with Crippen LogP contribution < -0.4 is 4.57 Å². The van der Waals surface area contributed by atoms with Gasteiger partial charge in [-0.25, -0.2) is 9.41 Å². The zero-order valence-electron chi connectivity index (χ0n) is 22.8. The van der Waals surface area contributed by atoms with Gasteiger partial charge in [-0.15, -0.1) is 0 Å². The summed E-state index contributed by atoms with van der Waals surface area (Å²) in [6, 6.07) is 22.0. The van der Waals surface area contributed by atoms with Gasteiger partial charge in [0, 0.05) is 30.7 Å². The van der Waals surface area contributed by atoms with Crippen LogP contribution in [-0.2, 0) is 13.4 Å². The molecule has 0 N–H and O–H groups in total. The molecule has 3 aromatic carbocycles. The molecule has 0 radical (unpaired) electrons. The fourth-order valence-corrected chi connectivity index (χ4v) is 5.72. The molecule has 0 atom stereocenters. The van der Waals surface area contributed by atoms with E-state index in [1.807, 2.05) is 72.4 Å². The fraction of sp³-hybridized carbons (Fsp3) is 0.273. The van der Waals surface area contributed by atoms with Gasteiger partial charge in [0.15, 0.2) is 11.9 Å². The van der Waals surface area contributed by atoms with Gasteiger partial charge in [0.05, 0.1) is 12.1 Å². The van der Waals surface area contributed by atoms with E-state index >= 15 is 0 Å². The molecule has 1 saturated carbocycles. The van der Waals surface area contributed by atoms with Crippen molar-refractivity contribution in [3.05, 3.63) is 95.5 Å². The van der Waals surface area contributed by atoms with Crippen LogP contribution in [0.4, 0.5) is 5.69 Å². The van der Waals surface area contributed by atoms with Crippen LogP contribution in [-0.4, -0.2) is 0 Å². The maximum atomic E-state index is 8.93. The maximum absolute atomic E-state index is 8.93. The van der Waals surface area contributed by atoms with E-state index in [0.717, 1.165) is 81.1 Å². The molecular formula is C33H31N2O+. The van der Waals surface area contributed by atoms with E-state index in [4.69, 9.17) is 13.7 Å². The first-order chi connectivity index (χ1) is 18.4. The number of benzene rings is 3. The molecule has 3 nitrogen and oxygen atoms in total. The summed E-state index contributed by atoms with van der Waals surface area (Å²) >= 11 is 0. The summed E-state index contributed by atoms with van der Waals surface area (Å²) in [5.41, 5.74) is 7.65. The van der Waals surface area contributed by atoms with Gasteiger partial charge in [-0.05, 0) is 36.4 Å². The Balaban J connectivity index is 1.54. The molecule has 3 heteroatoms. The number of hydrogen-bond donors (Lipinski definition) is 0. The lowest BCUT2D eigenvalue weighted by Crippen LogP contribution is -2.31. The molecule has 6 rings (SSSR count). The van der Waals surface area contributed by atoms with Crippen molar-refractivity contribution < 1.29 is 11.7 Å². The van der Waals surface area contributed by atoms with Crippen molar-refractivity contribution in [1.29, 1.82) is 0 Å². The third-order valence-corrected chi connectivity index (χ3v) is 7.54. The van der Waals surface area contributed by atoms with Gasteiger partial charge in [-0.1, -0.05) is 86.7 Å². The van der Waals surface area contributed by atoms with E-state index in [2.05, 4.69) is 23.9 Å². The summed E-state index contributed by atoms with van der Waals surface area (Å²) in [7, 11) is 1.99. The van der Waals surface area contributed by atoms with Crippen molar-refractivity contribution in [1.82, 2.24) is 0 Å². The molecule has 1 aliphatic rings. The third-order valence-electron chi connectivity index (χ3n) is 7.54. The standard InChI is InChI=1S/C33H31N2O/c1-22-14-16-26-27-17-18-28(34-2)31(25-12-8-5-9-13-25)33(27)36-32(26)30(22)29-19-15-24(21-35(29)3)20-23-10-6-4-7-11-23/h5,8-9,12-19,21,23H,4,6-7,10-11,20H2,1,3H3/q+1/i20D2. The average Bonchev–Trinajstić information content (AvgIpc) is 3.32. The summed E-state index contributed by atoms with van der Waals surface area (Å²) < 4.78 is 26.6. The highest BCUT2D eigenvalue weighted by Crippen LogP contribution is 2.44. The normalized spacial score (nSPS) is 15.6. The molecule has 36 heavy (non-hydrogen) atoms. The van der Waals surface area contributed by atoms with Crippen LogP contribution in [0, 0.1) is 19.4 Å². The first-order valence-electron chi connectivity index (χ1n) is 13.8. The molecule has 0 unspecified atom stereocenters. The van der Waals surface area contributed by atoms with E-state index in [1.165, 1.54) is 6.42 Å². The van der Waals surface area contributed by atoms with Gasteiger partial charge in [0.25, 0.3) is 0 Å². The Labute approximate surface area is 215 Å². The van der Waals surface area contributed by atoms with Crippen LogP contribution in [0.25, 0.3) is 49.2 Å². The summed E-state index contributed by atoms with van der Waals surface area (Å²) in [6.45, 7) is 9.86. The van der Waals surface area contributed by atoms with Crippen LogP contribution in [0.3, 0.4) is 0 Å². The minimum atomic E-state index is -1.35. The molecule has 0 saturated heterocycles. The number of furan rings is 1. The van der Waals surface area contributed by atoms with Crippen LogP contribution >= 0.6 is 0 Å². The summed E-state index contributed by atoms with van der Waals surface area (Å²) in [6.07, 6.45) is 5.95. The largest absolute Gasteiger partial charge is 0.456 e. The average molecular weight is 474 g/mol. The number of nitrogens with zero attached hydrogens (tertiary/aromatic N) is 2. The second-order valence-electron chi connectivity index (χ2n) is 9.94. The molecule has 0 spiro atoms. The lowest BCUT2D eigenvalue weighted by Gasteiger charge is -2.21. The number of aryl methyl sites for hydroxylation is 2. The predicted octanol–water partition coefficient (Wildman–Crippen LogP) is 8.73. The lowest BCUT2D eigenvalue weighted by atomic mass is 9.85. The Kier molecular flexibility index (Phi) is 5.24. The minimum absolute atomic E-state index is 0.0655. The minimum Gasteiger partial charge on any atom is -0.456 e. The fourth-order valence-electron chi connectivity index (χ4n) is 5.72. The third kappa shape index (κ3) is 3.88. The summed E-state index contributed by atoms with van der Waals surface area (Å²) in [4.78, 5) is 3.80. The molecule has 178 valence electrons. The quantitative estimate of drug-likeness (QED) is 0.189. The van der Waals surface area contributed by atoms with Gasteiger partial charge in [0.1, 0.15) is 18.2 Å². The Morgan fingerprint density at radius 1 is 0.917 bits per heavy atom. The Morgan fingerprint density at radius 3 is 2.36 bits per heavy atom. The van der Waals surface area contributed by atoms with Crippen LogP contribution in [0.1, 0.15) is 46.0 Å². The van der Waals surface area contributed by atoms with Gasteiger partial charge in [-0.2, -0.15) is 0 Å². The molecule has 2 aromatic heterocycles. The molecule has 0 amide bonds. The summed E-state index contributed by atoms with van der Waals surface area (Å²) in [5.74, 6) is 0.0655. The van der Waals surface area contributed by atoms with E-state index in [1.54, 1.807) is 0 Å². The van der Waals surface area contributed by atoms with Crippen LogP contribution in [0.2, 0.25) is 0 Å². The van der Waals surface area contributed by atoms with E-state index in [-0.39, 0.29) is 5.92 Å². The van der Waals surface area contributed by atoms with Crippen LogP contribution in [0.15, 0.2) is 77.3 Å². The highest BCUT2D eigenvalue weighted by Gasteiger charge is 2.24. The van der Waals surface area contributed by atoms with Crippen molar-refractivity contribution in [3.8, 4) is 22.4 Å². The highest BCUT2D eigenvalue weighted by atomic mass is 16.3.